The number of carbonyl (C=O) groups excluding carboxylic acids is 1. The Morgan fingerprint density at radius 3 is 2.28 bits per heavy atom. The summed E-state index contributed by atoms with van der Waals surface area (Å²) in [7, 11) is 0. The Labute approximate surface area is 250 Å². The number of nitrogens with two attached hydrogens (primary N) is 1. The Kier molecular flexibility index (Phi) is 10.7. The lowest BCUT2D eigenvalue weighted by atomic mass is 9.94. The monoisotopic (exact) mass is 608 g/mol. The summed E-state index contributed by atoms with van der Waals surface area (Å²) in [5, 5.41) is 1.94. The molecule has 208 valence electrons. The largest absolute Gasteiger partial charge is 0.490 e. The number of nitrogens with zero attached hydrogens (tertiary/aromatic N) is 1. The number of aryl methyl sites for hydroxylation is 1. The molecule has 0 aromatic heterocycles. The molecule has 0 radical (unpaired) electrons. The predicted octanol–water partition coefficient (Wildman–Crippen LogP) is 7.77. The lowest BCUT2D eigenvalue weighted by Gasteiger charge is -2.28. The molecule has 3 aromatic rings. The van der Waals surface area contributed by atoms with E-state index >= 15 is 0 Å². The van der Waals surface area contributed by atoms with Crippen LogP contribution in [0.2, 0.25) is 20.1 Å². The Bertz CT molecular complexity index is 1260. The van der Waals surface area contributed by atoms with E-state index in [4.69, 9.17) is 61.6 Å². The van der Waals surface area contributed by atoms with E-state index in [9.17, 15) is 4.79 Å². The minimum atomic E-state index is -0.224. The van der Waals surface area contributed by atoms with Crippen LogP contribution in [0.1, 0.15) is 36.0 Å². The molecule has 39 heavy (non-hydrogen) atoms. The molecule has 1 aliphatic rings. The minimum Gasteiger partial charge on any atom is -0.490 e. The second-order valence-corrected chi connectivity index (χ2v) is 11.4. The molecule has 0 spiro atoms. The molecule has 1 aliphatic carbocycles. The van der Waals surface area contributed by atoms with Crippen LogP contribution in [0.4, 0.5) is 0 Å². The Morgan fingerprint density at radius 1 is 0.974 bits per heavy atom. The first kappa shape index (κ1) is 29.8. The van der Waals surface area contributed by atoms with Crippen molar-refractivity contribution in [3.63, 3.8) is 0 Å². The van der Waals surface area contributed by atoms with Gasteiger partial charge in [0.2, 0.25) is 5.91 Å². The van der Waals surface area contributed by atoms with Gasteiger partial charge in [0.1, 0.15) is 19.0 Å². The van der Waals surface area contributed by atoms with Crippen LogP contribution in [-0.4, -0.2) is 36.6 Å². The molecule has 1 unspecified atom stereocenters. The van der Waals surface area contributed by atoms with Crippen LogP contribution in [0.5, 0.6) is 11.5 Å². The minimum absolute atomic E-state index is 0.102. The number of benzene rings is 3. The van der Waals surface area contributed by atoms with E-state index in [-0.39, 0.29) is 17.9 Å². The molecule has 1 fully saturated rings. The Balaban J connectivity index is 1.34. The van der Waals surface area contributed by atoms with Crippen LogP contribution in [0.3, 0.4) is 0 Å². The second kappa shape index (κ2) is 14.0. The average molecular weight is 610 g/mol. The third kappa shape index (κ3) is 8.18. The average Bonchev–Trinajstić information content (AvgIpc) is 3.74. The van der Waals surface area contributed by atoms with Gasteiger partial charge in [-0.25, -0.2) is 0 Å². The van der Waals surface area contributed by atoms with Gasteiger partial charge in [-0.1, -0.05) is 70.7 Å². The second-order valence-electron chi connectivity index (χ2n) is 9.79. The number of carbonyl (C=O) groups is 1. The molecular weight excluding hydrogens is 578 g/mol. The van der Waals surface area contributed by atoms with Crippen molar-refractivity contribution < 1.29 is 14.3 Å². The van der Waals surface area contributed by atoms with Crippen LogP contribution in [0.15, 0.2) is 54.6 Å². The lowest BCUT2D eigenvalue weighted by Crippen LogP contribution is -2.39. The van der Waals surface area contributed by atoms with Gasteiger partial charge in [-0.3, -0.25) is 4.79 Å². The first-order chi connectivity index (χ1) is 18.8. The van der Waals surface area contributed by atoms with E-state index in [0.29, 0.717) is 70.7 Å². The highest BCUT2D eigenvalue weighted by Crippen LogP contribution is 2.35. The summed E-state index contributed by atoms with van der Waals surface area (Å²) in [4.78, 5) is 15.6. The maximum atomic E-state index is 13.7. The van der Waals surface area contributed by atoms with E-state index in [0.717, 1.165) is 29.5 Å². The quantitative estimate of drug-likeness (QED) is 0.201. The predicted molar refractivity (Wildman–Crippen MR) is 160 cm³/mol. The van der Waals surface area contributed by atoms with Gasteiger partial charge in [0.15, 0.2) is 5.75 Å². The third-order valence-corrected chi connectivity index (χ3v) is 8.07. The highest BCUT2D eigenvalue weighted by molar-refractivity contribution is 6.42. The molecule has 0 bridgehead atoms. The molecule has 5 nitrogen and oxygen atoms in total. The topological polar surface area (TPSA) is 64.8 Å². The zero-order chi connectivity index (χ0) is 27.9. The fraction of sp³-hybridized carbons (Fsp3) is 0.367. The fourth-order valence-corrected chi connectivity index (χ4v) is 5.59. The maximum absolute atomic E-state index is 13.7. The molecule has 2 N–H and O–H groups in total. The van der Waals surface area contributed by atoms with Gasteiger partial charge in [-0.05, 0) is 86.2 Å². The van der Waals surface area contributed by atoms with Gasteiger partial charge < -0.3 is 20.1 Å². The van der Waals surface area contributed by atoms with E-state index in [1.165, 1.54) is 0 Å². The molecule has 1 saturated carbocycles. The van der Waals surface area contributed by atoms with Crippen molar-refractivity contribution in [1.82, 2.24) is 4.90 Å². The van der Waals surface area contributed by atoms with Gasteiger partial charge in [0.25, 0.3) is 0 Å². The van der Waals surface area contributed by atoms with Crippen molar-refractivity contribution in [2.75, 3.05) is 19.8 Å². The molecule has 4 rings (SSSR count). The summed E-state index contributed by atoms with van der Waals surface area (Å²) in [6.45, 7) is 3.42. The number of amides is 1. The number of ether oxygens (including phenoxy) is 2. The molecule has 1 atom stereocenters. The third-order valence-electron chi connectivity index (χ3n) is 6.65. The summed E-state index contributed by atoms with van der Waals surface area (Å²) in [5.74, 6) is 1.04. The van der Waals surface area contributed by atoms with Gasteiger partial charge in [-0.15, -0.1) is 0 Å². The normalized spacial score (nSPS) is 13.7. The van der Waals surface area contributed by atoms with Crippen molar-refractivity contribution in [2.24, 2.45) is 11.7 Å². The van der Waals surface area contributed by atoms with Crippen molar-refractivity contribution in [2.45, 2.75) is 45.2 Å². The Morgan fingerprint density at radius 2 is 1.64 bits per heavy atom. The van der Waals surface area contributed by atoms with E-state index in [2.05, 4.69) is 0 Å². The van der Waals surface area contributed by atoms with Crippen LogP contribution >= 0.6 is 46.4 Å². The van der Waals surface area contributed by atoms with Gasteiger partial charge in [0.05, 0.1) is 20.1 Å². The number of halogens is 4. The fourth-order valence-electron chi connectivity index (χ4n) is 4.51. The Hall–Kier alpha value is -2.15. The summed E-state index contributed by atoms with van der Waals surface area (Å²) < 4.78 is 11.5. The molecule has 0 aliphatic heterocycles. The van der Waals surface area contributed by atoms with E-state index in [1.807, 2.05) is 48.2 Å². The molecular formula is C30H32Cl4N2O3. The SMILES string of the molecule is Cc1cc(Cl)c(OCCOc2ccc(CC(CCN)C(=O)N(Cc3cccc(Cl)c3Cl)C3CC3)cc2)c(Cl)c1. The first-order valence-corrected chi connectivity index (χ1v) is 14.5. The van der Waals surface area contributed by atoms with E-state index < -0.39 is 0 Å². The highest BCUT2D eigenvalue weighted by Gasteiger charge is 2.36. The zero-order valence-corrected chi connectivity index (χ0v) is 24.8. The molecule has 0 saturated heterocycles. The van der Waals surface area contributed by atoms with Crippen molar-refractivity contribution in [1.29, 1.82) is 0 Å². The standard InChI is InChI=1S/C30H32Cl4N2O3/c1-19-15-26(32)29(27(33)16-19)39-14-13-38-24-9-5-20(6-10-24)17-21(11-12-35)30(37)36(23-7-8-23)18-22-3-2-4-25(31)28(22)34/h2-6,9-10,15-16,21,23H,7-8,11-14,17-18,35H2,1H3. The number of hydrogen-bond acceptors (Lipinski definition) is 4. The summed E-state index contributed by atoms with van der Waals surface area (Å²) >= 11 is 25.1. The van der Waals surface area contributed by atoms with Crippen LogP contribution in [-0.2, 0) is 17.8 Å². The molecule has 1 amide bonds. The zero-order valence-electron chi connectivity index (χ0n) is 21.8. The van der Waals surface area contributed by atoms with Crippen LogP contribution in [0, 0.1) is 12.8 Å². The van der Waals surface area contributed by atoms with Crippen LogP contribution < -0.4 is 15.2 Å². The van der Waals surface area contributed by atoms with Crippen molar-refractivity contribution in [3.8, 4) is 11.5 Å². The summed E-state index contributed by atoms with van der Waals surface area (Å²) in [6.07, 6.45) is 3.19. The molecule has 0 heterocycles. The number of hydrogen-bond donors (Lipinski definition) is 1. The molecule has 3 aromatic carbocycles. The highest BCUT2D eigenvalue weighted by atomic mass is 35.5. The number of rotatable bonds is 13. The smallest absolute Gasteiger partial charge is 0.226 e. The maximum Gasteiger partial charge on any atom is 0.226 e. The summed E-state index contributed by atoms with van der Waals surface area (Å²) in [5.41, 5.74) is 8.78. The van der Waals surface area contributed by atoms with Crippen molar-refractivity contribution >= 4 is 52.3 Å². The molecule has 9 heteroatoms. The first-order valence-electron chi connectivity index (χ1n) is 13.0. The van der Waals surface area contributed by atoms with Crippen LogP contribution in [0.25, 0.3) is 0 Å². The van der Waals surface area contributed by atoms with Gasteiger partial charge >= 0.3 is 0 Å². The lowest BCUT2D eigenvalue weighted by molar-refractivity contribution is -0.137. The van der Waals surface area contributed by atoms with Crippen molar-refractivity contribution in [3.05, 3.63) is 91.4 Å². The van der Waals surface area contributed by atoms with E-state index in [1.54, 1.807) is 18.2 Å². The van der Waals surface area contributed by atoms with Gasteiger partial charge in [-0.2, -0.15) is 0 Å². The summed E-state index contributed by atoms with van der Waals surface area (Å²) in [6, 6.07) is 17.1. The van der Waals surface area contributed by atoms with Gasteiger partial charge in [0, 0.05) is 18.5 Å².